The minimum Gasteiger partial charge on any atom is -0.355 e. The van der Waals surface area contributed by atoms with Crippen molar-refractivity contribution in [2.24, 2.45) is 5.92 Å². The number of nitrogens with zero attached hydrogens (tertiary/aromatic N) is 5. The molecule has 1 aliphatic heterocycles. The molecule has 2 aromatic rings. The van der Waals surface area contributed by atoms with Crippen LogP contribution in [0.4, 0.5) is 5.82 Å². The van der Waals surface area contributed by atoms with Crippen LogP contribution in [-0.4, -0.2) is 32.8 Å². The summed E-state index contributed by atoms with van der Waals surface area (Å²) in [5.41, 5.74) is 2.47. The fourth-order valence-electron chi connectivity index (χ4n) is 2.92. The van der Waals surface area contributed by atoms with Crippen molar-refractivity contribution in [2.45, 2.75) is 33.2 Å². The Morgan fingerprint density at radius 1 is 1.35 bits per heavy atom. The van der Waals surface area contributed by atoms with Gasteiger partial charge in [0.1, 0.15) is 0 Å². The molecule has 106 valence electrons. The molecular weight excluding hydrogens is 250 g/mol. The van der Waals surface area contributed by atoms with Gasteiger partial charge >= 0.3 is 0 Å². The fraction of sp³-hybridized carbons (Fsp3) is 0.533. The highest BCUT2D eigenvalue weighted by molar-refractivity contribution is 5.48. The Kier molecular flexibility index (Phi) is 3.67. The van der Waals surface area contributed by atoms with Crippen molar-refractivity contribution in [3.8, 4) is 0 Å². The first kappa shape index (κ1) is 13.1. The fourth-order valence-corrected chi connectivity index (χ4v) is 2.92. The first-order chi connectivity index (χ1) is 9.74. The van der Waals surface area contributed by atoms with Crippen LogP contribution in [-0.2, 0) is 6.54 Å². The van der Waals surface area contributed by atoms with E-state index < -0.39 is 0 Å². The third-order valence-electron chi connectivity index (χ3n) is 4.18. The number of hydrogen-bond donors (Lipinski definition) is 0. The molecule has 1 aliphatic rings. The van der Waals surface area contributed by atoms with E-state index in [1.165, 1.54) is 24.0 Å². The van der Waals surface area contributed by atoms with Crippen LogP contribution < -0.4 is 4.90 Å². The first-order valence-corrected chi connectivity index (χ1v) is 7.23. The minimum atomic E-state index is 0.652. The largest absolute Gasteiger partial charge is 0.355 e. The van der Waals surface area contributed by atoms with Crippen LogP contribution in [0.25, 0.3) is 0 Å². The molecule has 1 fully saturated rings. The van der Waals surface area contributed by atoms with Gasteiger partial charge in [-0.1, -0.05) is 0 Å². The average molecular weight is 271 g/mol. The number of aryl methyl sites for hydroxylation is 1. The van der Waals surface area contributed by atoms with E-state index >= 15 is 0 Å². The number of anilines is 1. The van der Waals surface area contributed by atoms with Crippen molar-refractivity contribution in [1.29, 1.82) is 0 Å². The van der Waals surface area contributed by atoms with Gasteiger partial charge in [0, 0.05) is 32.0 Å². The zero-order chi connectivity index (χ0) is 13.9. The van der Waals surface area contributed by atoms with Gasteiger partial charge in [0.2, 0.25) is 0 Å². The van der Waals surface area contributed by atoms with Crippen LogP contribution in [0.1, 0.15) is 24.0 Å². The summed E-state index contributed by atoms with van der Waals surface area (Å²) in [5.74, 6) is 1.71. The molecule has 1 saturated heterocycles. The molecule has 0 aliphatic carbocycles. The predicted molar refractivity (Wildman–Crippen MR) is 78.7 cm³/mol. The summed E-state index contributed by atoms with van der Waals surface area (Å²) in [6.45, 7) is 7.41. The first-order valence-electron chi connectivity index (χ1n) is 7.23. The van der Waals surface area contributed by atoms with Crippen LogP contribution in [0.2, 0.25) is 0 Å². The molecule has 1 unspecified atom stereocenters. The van der Waals surface area contributed by atoms with Gasteiger partial charge in [-0.05, 0) is 43.7 Å². The molecule has 3 rings (SSSR count). The van der Waals surface area contributed by atoms with Gasteiger partial charge < -0.3 is 9.47 Å². The number of imidazole rings is 1. The zero-order valence-electron chi connectivity index (χ0n) is 12.2. The average Bonchev–Trinajstić information content (AvgIpc) is 2.95. The zero-order valence-corrected chi connectivity index (χ0v) is 12.2. The number of rotatable bonds is 3. The Morgan fingerprint density at radius 2 is 2.25 bits per heavy atom. The smallest absolute Gasteiger partial charge is 0.154 e. The summed E-state index contributed by atoms with van der Waals surface area (Å²) >= 11 is 0. The molecule has 1 atom stereocenters. The minimum absolute atomic E-state index is 0.652. The van der Waals surface area contributed by atoms with Crippen LogP contribution >= 0.6 is 0 Å². The second-order valence-electron chi connectivity index (χ2n) is 5.69. The lowest BCUT2D eigenvalue weighted by Crippen LogP contribution is -2.38. The lowest BCUT2D eigenvalue weighted by molar-refractivity contribution is 0.364. The Balaban J connectivity index is 1.73. The highest BCUT2D eigenvalue weighted by Crippen LogP contribution is 2.25. The van der Waals surface area contributed by atoms with E-state index in [9.17, 15) is 0 Å². The monoisotopic (exact) mass is 271 g/mol. The molecule has 5 heteroatoms. The summed E-state index contributed by atoms with van der Waals surface area (Å²) in [6.07, 6.45) is 10.1. The van der Waals surface area contributed by atoms with E-state index in [0.29, 0.717) is 5.92 Å². The predicted octanol–water partition coefficient (Wildman–Crippen LogP) is 2.21. The van der Waals surface area contributed by atoms with Crippen molar-refractivity contribution < 1.29 is 0 Å². The molecule has 0 aromatic carbocycles. The third kappa shape index (κ3) is 2.66. The molecule has 0 amide bonds. The Morgan fingerprint density at radius 3 is 3.05 bits per heavy atom. The van der Waals surface area contributed by atoms with Crippen molar-refractivity contribution in [3.05, 3.63) is 36.0 Å². The standard InChI is InChI=1S/C15H21N5/c1-12-8-17-18-15(13(12)2)20-6-3-4-14(10-20)9-19-7-5-16-11-19/h5,7-8,11,14H,3-4,6,9-10H2,1-2H3. The van der Waals surface area contributed by atoms with Crippen LogP contribution in [0, 0.1) is 19.8 Å². The highest BCUT2D eigenvalue weighted by atomic mass is 15.3. The molecule has 0 saturated carbocycles. The van der Waals surface area contributed by atoms with Gasteiger partial charge in [0.15, 0.2) is 5.82 Å². The Bertz CT molecular complexity index is 564. The summed E-state index contributed by atoms with van der Waals surface area (Å²) in [6, 6.07) is 0. The van der Waals surface area contributed by atoms with Crippen LogP contribution in [0.15, 0.2) is 24.9 Å². The second kappa shape index (κ2) is 5.61. The maximum atomic E-state index is 4.35. The van der Waals surface area contributed by atoms with Gasteiger partial charge in [-0.25, -0.2) is 4.98 Å². The lowest BCUT2D eigenvalue weighted by Gasteiger charge is -2.34. The van der Waals surface area contributed by atoms with E-state index in [1.807, 2.05) is 24.9 Å². The summed E-state index contributed by atoms with van der Waals surface area (Å²) in [4.78, 5) is 6.51. The topological polar surface area (TPSA) is 46.8 Å². The van der Waals surface area contributed by atoms with Gasteiger partial charge in [0.05, 0.1) is 12.5 Å². The SMILES string of the molecule is Cc1cnnc(N2CCCC(Cn3ccnc3)C2)c1C. The summed E-state index contributed by atoms with van der Waals surface area (Å²) < 4.78 is 2.17. The van der Waals surface area contributed by atoms with Gasteiger partial charge in [-0.15, -0.1) is 5.10 Å². The molecular formula is C15H21N5. The molecule has 3 heterocycles. The molecule has 0 bridgehead atoms. The quantitative estimate of drug-likeness (QED) is 0.858. The van der Waals surface area contributed by atoms with Crippen molar-refractivity contribution >= 4 is 5.82 Å². The molecule has 0 radical (unpaired) electrons. The van der Waals surface area contributed by atoms with Crippen molar-refractivity contribution in [2.75, 3.05) is 18.0 Å². The number of hydrogen-bond acceptors (Lipinski definition) is 4. The van der Waals surface area contributed by atoms with Crippen molar-refractivity contribution in [3.63, 3.8) is 0 Å². The van der Waals surface area contributed by atoms with Gasteiger partial charge in [-0.3, -0.25) is 0 Å². The Labute approximate surface area is 119 Å². The Hall–Kier alpha value is -1.91. The van der Waals surface area contributed by atoms with Crippen LogP contribution in [0.5, 0.6) is 0 Å². The second-order valence-corrected chi connectivity index (χ2v) is 5.69. The lowest BCUT2D eigenvalue weighted by atomic mass is 9.97. The van der Waals surface area contributed by atoms with Gasteiger partial charge in [-0.2, -0.15) is 5.10 Å². The number of piperidine rings is 1. The third-order valence-corrected chi connectivity index (χ3v) is 4.18. The molecule has 0 N–H and O–H groups in total. The highest BCUT2D eigenvalue weighted by Gasteiger charge is 2.22. The summed E-state index contributed by atoms with van der Waals surface area (Å²) in [7, 11) is 0. The molecule has 0 spiro atoms. The van der Waals surface area contributed by atoms with E-state index in [2.05, 4.69) is 38.5 Å². The molecule has 20 heavy (non-hydrogen) atoms. The number of aromatic nitrogens is 4. The normalized spacial score (nSPS) is 19.3. The maximum Gasteiger partial charge on any atom is 0.154 e. The molecule has 2 aromatic heterocycles. The van der Waals surface area contributed by atoms with E-state index in [0.717, 1.165) is 25.5 Å². The van der Waals surface area contributed by atoms with Gasteiger partial charge in [0.25, 0.3) is 0 Å². The van der Waals surface area contributed by atoms with Crippen LogP contribution in [0.3, 0.4) is 0 Å². The van der Waals surface area contributed by atoms with Crippen molar-refractivity contribution in [1.82, 2.24) is 19.7 Å². The van der Waals surface area contributed by atoms with E-state index in [-0.39, 0.29) is 0 Å². The molecule has 5 nitrogen and oxygen atoms in total. The maximum absolute atomic E-state index is 4.35. The summed E-state index contributed by atoms with van der Waals surface area (Å²) in [5, 5.41) is 8.47. The van der Waals surface area contributed by atoms with E-state index in [4.69, 9.17) is 0 Å². The van der Waals surface area contributed by atoms with E-state index in [1.54, 1.807) is 0 Å².